The molecule has 0 atom stereocenters. The van der Waals surface area contributed by atoms with E-state index in [1.165, 1.54) is 24.3 Å². The number of nitrogens with one attached hydrogen (secondary N) is 1. The van der Waals surface area contributed by atoms with Gasteiger partial charge in [-0.15, -0.1) is 0 Å². The van der Waals surface area contributed by atoms with Crippen molar-refractivity contribution in [1.29, 1.82) is 0 Å². The zero-order valence-electron chi connectivity index (χ0n) is 17.8. The van der Waals surface area contributed by atoms with Crippen LogP contribution in [0.3, 0.4) is 0 Å². The van der Waals surface area contributed by atoms with E-state index >= 15 is 0 Å². The van der Waals surface area contributed by atoms with Gasteiger partial charge in [0.2, 0.25) is 0 Å². The number of hydrogen-bond acceptors (Lipinski definition) is 4. The molecule has 0 saturated carbocycles. The molecule has 7 heteroatoms. The van der Waals surface area contributed by atoms with Crippen LogP contribution in [0.4, 0.5) is 21.5 Å². The van der Waals surface area contributed by atoms with E-state index in [1.54, 1.807) is 18.2 Å². The molecule has 0 aliphatic carbocycles. The average molecular weight is 450 g/mol. The van der Waals surface area contributed by atoms with Gasteiger partial charge in [-0.1, -0.05) is 29.8 Å². The zero-order chi connectivity index (χ0) is 23.0. The Morgan fingerprint density at radius 2 is 1.56 bits per heavy atom. The number of benzene rings is 3. The number of carbonyl (C=O) groups is 2. The number of carbonyl (C=O) groups excluding carboxylic acids is 2. The van der Waals surface area contributed by atoms with Crippen molar-refractivity contribution in [1.82, 2.24) is 0 Å². The maximum absolute atomic E-state index is 13.5. The van der Waals surface area contributed by atoms with E-state index in [2.05, 4.69) is 5.32 Å². The van der Waals surface area contributed by atoms with E-state index in [4.69, 9.17) is 11.6 Å². The molecule has 3 aromatic rings. The Bertz CT molecular complexity index is 1240. The zero-order valence-corrected chi connectivity index (χ0v) is 18.6. The van der Waals surface area contributed by atoms with E-state index in [1.807, 2.05) is 50.2 Å². The van der Waals surface area contributed by atoms with Crippen LogP contribution in [0.5, 0.6) is 0 Å². The number of nitrogens with zero attached hydrogens (tertiary/aromatic N) is 2. The minimum atomic E-state index is -0.508. The van der Waals surface area contributed by atoms with E-state index in [0.717, 1.165) is 16.2 Å². The maximum Gasteiger partial charge on any atom is 0.282 e. The number of aryl methyl sites for hydroxylation is 1. The summed E-state index contributed by atoms with van der Waals surface area (Å²) in [5.41, 5.74) is 3.58. The summed E-state index contributed by atoms with van der Waals surface area (Å²) in [5.74, 6) is -1.44. The SMILES string of the molecule is Cc1ccc(N2C(=O)C(Nc3ccc(N(C)C)cc3)=C(c3ccc(F)cc3)C2=O)cc1Cl. The molecular weight excluding hydrogens is 429 g/mol. The highest BCUT2D eigenvalue weighted by atomic mass is 35.5. The van der Waals surface area contributed by atoms with Crippen molar-refractivity contribution >= 4 is 46.1 Å². The van der Waals surface area contributed by atoms with Gasteiger partial charge in [-0.2, -0.15) is 0 Å². The van der Waals surface area contributed by atoms with Gasteiger partial charge < -0.3 is 10.2 Å². The molecule has 0 fully saturated rings. The second-order valence-corrected chi connectivity index (χ2v) is 8.11. The average Bonchev–Trinajstić information content (AvgIpc) is 3.01. The van der Waals surface area contributed by atoms with Crippen LogP contribution in [0.1, 0.15) is 11.1 Å². The van der Waals surface area contributed by atoms with Gasteiger partial charge in [0.15, 0.2) is 0 Å². The lowest BCUT2D eigenvalue weighted by Crippen LogP contribution is -2.32. The van der Waals surface area contributed by atoms with Crippen LogP contribution >= 0.6 is 11.6 Å². The fourth-order valence-corrected chi connectivity index (χ4v) is 3.65. The number of hydrogen-bond donors (Lipinski definition) is 1. The summed E-state index contributed by atoms with van der Waals surface area (Å²) >= 11 is 6.24. The highest BCUT2D eigenvalue weighted by Crippen LogP contribution is 2.35. The summed E-state index contributed by atoms with van der Waals surface area (Å²) in [6.07, 6.45) is 0. The van der Waals surface area contributed by atoms with Crippen LogP contribution < -0.4 is 15.1 Å². The first-order valence-corrected chi connectivity index (χ1v) is 10.3. The highest BCUT2D eigenvalue weighted by Gasteiger charge is 2.40. The van der Waals surface area contributed by atoms with Crippen LogP contribution in [-0.4, -0.2) is 25.9 Å². The first-order valence-electron chi connectivity index (χ1n) is 9.96. The molecule has 2 amide bonds. The summed E-state index contributed by atoms with van der Waals surface area (Å²) < 4.78 is 13.5. The Kier molecular flexibility index (Phi) is 5.72. The smallest absolute Gasteiger partial charge is 0.282 e. The normalized spacial score (nSPS) is 13.7. The van der Waals surface area contributed by atoms with E-state index < -0.39 is 17.6 Å². The molecule has 1 heterocycles. The number of rotatable bonds is 5. The summed E-state index contributed by atoms with van der Waals surface area (Å²) in [4.78, 5) is 29.9. The first-order chi connectivity index (χ1) is 15.3. The Morgan fingerprint density at radius 3 is 2.16 bits per heavy atom. The predicted octanol–water partition coefficient (Wildman–Crippen LogP) is 5.25. The monoisotopic (exact) mass is 449 g/mol. The predicted molar refractivity (Wildman–Crippen MR) is 126 cm³/mol. The molecule has 0 radical (unpaired) electrons. The van der Waals surface area contributed by atoms with Gasteiger partial charge in [0, 0.05) is 30.5 Å². The standard InChI is InChI=1S/C25H21ClFN3O2/c1-15-4-11-20(14-21(15)26)30-24(31)22(16-5-7-17(27)8-6-16)23(25(30)32)28-18-9-12-19(13-10-18)29(2)3/h4-14,28H,1-3H3. The Labute approximate surface area is 190 Å². The van der Waals surface area contributed by atoms with Crippen molar-refractivity contribution in [2.24, 2.45) is 0 Å². The van der Waals surface area contributed by atoms with Gasteiger partial charge >= 0.3 is 0 Å². The molecule has 5 nitrogen and oxygen atoms in total. The largest absolute Gasteiger partial charge is 0.378 e. The lowest BCUT2D eigenvalue weighted by molar-refractivity contribution is -0.120. The third-order valence-corrected chi connectivity index (χ3v) is 5.69. The molecule has 0 saturated heterocycles. The van der Waals surface area contributed by atoms with Crippen LogP contribution in [0.2, 0.25) is 5.02 Å². The number of anilines is 3. The molecule has 0 aromatic heterocycles. The summed E-state index contributed by atoms with van der Waals surface area (Å²) in [5, 5.41) is 3.55. The van der Waals surface area contributed by atoms with Gasteiger partial charge in [-0.3, -0.25) is 9.59 Å². The quantitative estimate of drug-likeness (QED) is 0.540. The van der Waals surface area contributed by atoms with Gasteiger partial charge in [0.25, 0.3) is 11.8 Å². The minimum absolute atomic E-state index is 0.121. The van der Waals surface area contributed by atoms with Crippen molar-refractivity contribution in [2.75, 3.05) is 29.2 Å². The molecule has 4 rings (SSSR count). The molecule has 32 heavy (non-hydrogen) atoms. The van der Waals surface area contributed by atoms with Crippen LogP contribution in [0.15, 0.2) is 72.4 Å². The molecular formula is C25H21ClFN3O2. The van der Waals surface area contributed by atoms with E-state index in [0.29, 0.717) is 22.0 Å². The second kappa shape index (κ2) is 8.48. The minimum Gasteiger partial charge on any atom is -0.378 e. The van der Waals surface area contributed by atoms with Crippen molar-refractivity contribution < 1.29 is 14.0 Å². The number of amides is 2. The molecule has 3 aromatic carbocycles. The summed E-state index contributed by atoms with van der Waals surface area (Å²) in [6.45, 7) is 1.84. The number of halogens is 2. The van der Waals surface area contributed by atoms with Crippen LogP contribution in [-0.2, 0) is 9.59 Å². The molecule has 0 unspecified atom stereocenters. The lowest BCUT2D eigenvalue weighted by atomic mass is 10.0. The first kappa shape index (κ1) is 21.6. The third-order valence-electron chi connectivity index (χ3n) is 5.28. The fraction of sp³-hybridized carbons (Fsp3) is 0.120. The van der Waals surface area contributed by atoms with Crippen LogP contribution in [0.25, 0.3) is 5.57 Å². The van der Waals surface area contributed by atoms with Crippen molar-refractivity contribution in [3.63, 3.8) is 0 Å². The van der Waals surface area contributed by atoms with Gasteiger partial charge in [0.05, 0.1) is 11.3 Å². The Hall–Kier alpha value is -3.64. The van der Waals surface area contributed by atoms with Crippen molar-refractivity contribution in [3.05, 3.63) is 94.4 Å². The number of imide groups is 1. The van der Waals surface area contributed by atoms with Gasteiger partial charge in [0.1, 0.15) is 11.5 Å². The van der Waals surface area contributed by atoms with Crippen molar-refractivity contribution in [3.8, 4) is 0 Å². The molecule has 0 spiro atoms. The topological polar surface area (TPSA) is 52.7 Å². The van der Waals surface area contributed by atoms with Gasteiger partial charge in [-0.05, 0) is 66.6 Å². The summed E-state index contributed by atoms with van der Waals surface area (Å²) in [6, 6.07) is 18.0. The van der Waals surface area contributed by atoms with E-state index in [-0.39, 0.29) is 11.3 Å². The Morgan fingerprint density at radius 1 is 0.906 bits per heavy atom. The molecule has 0 bridgehead atoms. The molecule has 162 valence electrons. The second-order valence-electron chi connectivity index (χ2n) is 7.70. The Balaban J connectivity index is 1.78. The molecule has 1 N–H and O–H groups in total. The van der Waals surface area contributed by atoms with E-state index in [9.17, 15) is 14.0 Å². The fourth-order valence-electron chi connectivity index (χ4n) is 3.47. The third kappa shape index (κ3) is 3.97. The van der Waals surface area contributed by atoms with Gasteiger partial charge in [-0.25, -0.2) is 9.29 Å². The van der Waals surface area contributed by atoms with Crippen LogP contribution in [0, 0.1) is 12.7 Å². The highest BCUT2D eigenvalue weighted by molar-refractivity contribution is 6.46. The summed E-state index contributed by atoms with van der Waals surface area (Å²) in [7, 11) is 3.86. The molecule has 1 aliphatic heterocycles. The lowest BCUT2D eigenvalue weighted by Gasteiger charge is -2.16. The molecule has 1 aliphatic rings. The maximum atomic E-state index is 13.5. The van der Waals surface area contributed by atoms with Crippen molar-refractivity contribution in [2.45, 2.75) is 6.92 Å².